The molecule has 0 heterocycles. The zero-order chi connectivity index (χ0) is 8.20. The summed E-state index contributed by atoms with van der Waals surface area (Å²) in [4.78, 5) is 0. The SMILES string of the molecule is CC(C)(C)O[PH](=O)OCCl. The van der Waals surface area contributed by atoms with Crippen molar-refractivity contribution in [2.45, 2.75) is 26.4 Å². The lowest BCUT2D eigenvalue weighted by molar-refractivity contribution is 0.114. The van der Waals surface area contributed by atoms with Crippen molar-refractivity contribution in [3.05, 3.63) is 0 Å². The van der Waals surface area contributed by atoms with Crippen molar-refractivity contribution >= 4 is 19.9 Å². The van der Waals surface area contributed by atoms with Gasteiger partial charge in [-0.05, 0) is 20.8 Å². The Hall–Kier alpha value is 0.440. The molecule has 0 spiro atoms. The van der Waals surface area contributed by atoms with E-state index in [1.807, 2.05) is 0 Å². The number of alkyl halides is 1. The summed E-state index contributed by atoms with van der Waals surface area (Å²) in [6.45, 7) is 5.40. The van der Waals surface area contributed by atoms with E-state index < -0.39 is 13.9 Å². The van der Waals surface area contributed by atoms with Gasteiger partial charge < -0.3 is 4.52 Å². The third-order valence-corrected chi connectivity index (χ3v) is 2.01. The molecule has 0 aliphatic rings. The Morgan fingerprint density at radius 3 is 2.30 bits per heavy atom. The van der Waals surface area contributed by atoms with Crippen LogP contribution in [0.4, 0.5) is 0 Å². The second-order valence-electron chi connectivity index (χ2n) is 2.72. The lowest BCUT2D eigenvalue weighted by atomic mass is 10.2. The largest absolute Gasteiger partial charge is 0.320 e. The first-order valence-electron chi connectivity index (χ1n) is 2.87. The van der Waals surface area contributed by atoms with Crippen LogP contribution in [0.15, 0.2) is 0 Å². The van der Waals surface area contributed by atoms with Gasteiger partial charge in [0.2, 0.25) is 0 Å². The molecule has 0 rings (SSSR count). The molecule has 0 saturated carbocycles. The highest BCUT2D eigenvalue weighted by molar-refractivity contribution is 7.33. The monoisotopic (exact) mass is 186 g/mol. The van der Waals surface area contributed by atoms with Gasteiger partial charge in [-0.15, -0.1) is 0 Å². The average Bonchev–Trinajstić information content (AvgIpc) is 1.59. The Labute approximate surface area is 66.6 Å². The Kier molecular flexibility index (Phi) is 4.54. The van der Waals surface area contributed by atoms with Gasteiger partial charge in [0, 0.05) is 0 Å². The normalized spacial score (nSPS) is 15.2. The maximum Gasteiger partial charge on any atom is 0.320 e. The summed E-state index contributed by atoms with van der Waals surface area (Å²) in [6, 6.07) is -0.0894. The van der Waals surface area contributed by atoms with Crippen LogP contribution in [-0.2, 0) is 13.6 Å². The molecule has 0 aliphatic carbocycles. The lowest BCUT2D eigenvalue weighted by Crippen LogP contribution is -2.14. The van der Waals surface area contributed by atoms with Crippen molar-refractivity contribution in [1.29, 1.82) is 0 Å². The van der Waals surface area contributed by atoms with E-state index in [4.69, 9.17) is 16.1 Å². The third-order valence-electron chi connectivity index (χ3n) is 0.562. The highest BCUT2D eigenvalue weighted by Gasteiger charge is 2.14. The van der Waals surface area contributed by atoms with E-state index in [2.05, 4.69) is 4.52 Å². The van der Waals surface area contributed by atoms with Crippen molar-refractivity contribution < 1.29 is 13.6 Å². The zero-order valence-corrected chi connectivity index (χ0v) is 8.07. The smallest absolute Gasteiger partial charge is 0.305 e. The highest BCUT2D eigenvalue weighted by Crippen LogP contribution is 2.30. The fourth-order valence-electron chi connectivity index (χ4n) is 0.324. The first-order chi connectivity index (χ1) is 4.45. The van der Waals surface area contributed by atoms with Crippen molar-refractivity contribution in [2.75, 3.05) is 6.07 Å². The van der Waals surface area contributed by atoms with Crippen LogP contribution in [0.2, 0.25) is 0 Å². The van der Waals surface area contributed by atoms with E-state index in [-0.39, 0.29) is 6.07 Å². The van der Waals surface area contributed by atoms with Gasteiger partial charge in [-0.1, -0.05) is 11.6 Å². The van der Waals surface area contributed by atoms with E-state index in [9.17, 15) is 4.57 Å². The Morgan fingerprint density at radius 1 is 1.50 bits per heavy atom. The van der Waals surface area contributed by atoms with E-state index in [0.29, 0.717) is 0 Å². The van der Waals surface area contributed by atoms with Crippen LogP contribution in [0.25, 0.3) is 0 Å². The molecule has 0 radical (unpaired) electrons. The molecule has 3 nitrogen and oxygen atoms in total. The summed E-state index contributed by atoms with van der Waals surface area (Å²) in [5.74, 6) is 0. The second kappa shape index (κ2) is 4.35. The summed E-state index contributed by atoms with van der Waals surface area (Å²) < 4.78 is 20.1. The van der Waals surface area contributed by atoms with Crippen LogP contribution in [0.5, 0.6) is 0 Å². The fourth-order valence-corrected chi connectivity index (χ4v) is 1.24. The predicted octanol–water partition coefficient (Wildman–Crippen LogP) is 2.40. The minimum Gasteiger partial charge on any atom is -0.305 e. The van der Waals surface area contributed by atoms with E-state index >= 15 is 0 Å². The van der Waals surface area contributed by atoms with Crippen LogP contribution in [-0.4, -0.2) is 11.7 Å². The van der Waals surface area contributed by atoms with Crippen LogP contribution in [0.3, 0.4) is 0 Å². The summed E-state index contributed by atoms with van der Waals surface area (Å²) in [5.41, 5.74) is -0.428. The molecule has 0 amide bonds. The minimum atomic E-state index is -2.38. The first-order valence-corrected chi connectivity index (χ1v) is 4.63. The van der Waals surface area contributed by atoms with Crippen LogP contribution < -0.4 is 0 Å². The number of rotatable bonds is 3. The van der Waals surface area contributed by atoms with Gasteiger partial charge in [0.15, 0.2) is 0 Å². The van der Waals surface area contributed by atoms with Gasteiger partial charge in [0.05, 0.1) is 5.60 Å². The average molecular weight is 187 g/mol. The molecule has 0 aromatic carbocycles. The van der Waals surface area contributed by atoms with Crippen molar-refractivity contribution in [3.8, 4) is 0 Å². The standard InChI is InChI=1S/C5H12ClO3P/c1-5(2,3)9-10(7)8-4-6/h10H,4H2,1-3H3. The molecule has 0 fully saturated rings. The maximum absolute atomic E-state index is 10.7. The summed E-state index contributed by atoms with van der Waals surface area (Å²) in [6.07, 6.45) is 0. The number of hydrogen-bond acceptors (Lipinski definition) is 3. The molecule has 0 bridgehead atoms. The molecular formula is C5H12ClO3P. The number of halogens is 1. The van der Waals surface area contributed by atoms with Crippen molar-refractivity contribution in [3.63, 3.8) is 0 Å². The summed E-state index contributed by atoms with van der Waals surface area (Å²) in [7, 11) is -2.38. The Balaban J connectivity index is 3.58. The van der Waals surface area contributed by atoms with Crippen molar-refractivity contribution in [1.82, 2.24) is 0 Å². The molecule has 0 saturated heterocycles. The first kappa shape index (κ1) is 10.4. The lowest BCUT2D eigenvalue weighted by Gasteiger charge is -2.17. The molecule has 10 heavy (non-hydrogen) atoms. The Bertz CT molecular complexity index is 121. The summed E-state index contributed by atoms with van der Waals surface area (Å²) in [5, 5.41) is 0. The number of hydrogen-bond donors (Lipinski definition) is 0. The van der Waals surface area contributed by atoms with Gasteiger partial charge in [0.25, 0.3) is 0 Å². The molecule has 1 atom stereocenters. The summed E-state index contributed by atoms with van der Waals surface area (Å²) >= 11 is 5.15. The molecule has 0 N–H and O–H groups in total. The molecule has 5 heteroatoms. The molecular weight excluding hydrogens is 174 g/mol. The molecule has 0 aromatic heterocycles. The quantitative estimate of drug-likeness (QED) is 0.502. The van der Waals surface area contributed by atoms with Crippen LogP contribution >= 0.6 is 19.9 Å². The van der Waals surface area contributed by atoms with Gasteiger partial charge in [0.1, 0.15) is 6.07 Å². The molecule has 1 unspecified atom stereocenters. The van der Waals surface area contributed by atoms with Crippen LogP contribution in [0.1, 0.15) is 20.8 Å². The van der Waals surface area contributed by atoms with Crippen molar-refractivity contribution in [2.24, 2.45) is 0 Å². The molecule has 0 aromatic rings. The Morgan fingerprint density at radius 2 is 2.00 bits per heavy atom. The third kappa shape index (κ3) is 6.56. The van der Waals surface area contributed by atoms with E-state index in [0.717, 1.165) is 0 Å². The fraction of sp³-hybridized carbons (Fsp3) is 1.00. The topological polar surface area (TPSA) is 35.5 Å². The maximum atomic E-state index is 10.7. The van der Waals surface area contributed by atoms with Gasteiger partial charge in [-0.2, -0.15) is 0 Å². The van der Waals surface area contributed by atoms with E-state index in [1.54, 1.807) is 20.8 Å². The van der Waals surface area contributed by atoms with Gasteiger partial charge in [-0.25, -0.2) is 0 Å². The minimum absolute atomic E-state index is 0.0894. The molecule has 62 valence electrons. The van der Waals surface area contributed by atoms with Gasteiger partial charge >= 0.3 is 8.25 Å². The second-order valence-corrected chi connectivity index (χ2v) is 3.93. The molecule has 0 aliphatic heterocycles. The highest BCUT2D eigenvalue weighted by atomic mass is 35.5. The van der Waals surface area contributed by atoms with Gasteiger partial charge in [-0.3, -0.25) is 9.09 Å². The zero-order valence-electron chi connectivity index (χ0n) is 6.31. The van der Waals surface area contributed by atoms with Crippen LogP contribution in [0, 0.1) is 0 Å². The van der Waals surface area contributed by atoms with E-state index in [1.165, 1.54) is 0 Å². The predicted molar refractivity (Wildman–Crippen MR) is 41.6 cm³/mol.